The van der Waals surface area contributed by atoms with Crippen molar-refractivity contribution in [2.45, 2.75) is 13.1 Å². The van der Waals surface area contributed by atoms with E-state index < -0.39 is 29.6 Å². The second kappa shape index (κ2) is 9.48. The molecule has 0 spiro atoms. The van der Waals surface area contributed by atoms with Crippen LogP contribution in [0.2, 0.25) is 0 Å². The summed E-state index contributed by atoms with van der Waals surface area (Å²) in [4.78, 5) is 32.1. The van der Waals surface area contributed by atoms with Gasteiger partial charge in [-0.15, -0.1) is 0 Å². The first-order valence-corrected chi connectivity index (χ1v) is 10.4. The lowest BCUT2D eigenvalue weighted by Gasteiger charge is -2.11. The van der Waals surface area contributed by atoms with Crippen molar-refractivity contribution >= 4 is 34.8 Å². The molecule has 0 bridgehead atoms. The average Bonchev–Trinajstić information content (AvgIpc) is 3.21. The Morgan fingerprint density at radius 1 is 1.14 bits per heavy atom. The van der Waals surface area contributed by atoms with Gasteiger partial charge in [0.25, 0.3) is 5.91 Å². The van der Waals surface area contributed by atoms with Crippen molar-refractivity contribution < 1.29 is 27.2 Å². The second-order valence-corrected chi connectivity index (χ2v) is 7.40. The first kappa shape index (κ1) is 24.4. The van der Waals surface area contributed by atoms with Crippen molar-refractivity contribution in [1.82, 2.24) is 24.9 Å². The average molecular weight is 502 g/mol. The minimum Gasteiger partial charge on any atom is -0.382 e. The van der Waals surface area contributed by atoms with E-state index in [2.05, 4.69) is 31.0 Å². The number of rotatable bonds is 5. The molecule has 3 amide bonds. The zero-order valence-electron chi connectivity index (χ0n) is 18.5. The third-order valence-corrected chi connectivity index (χ3v) is 4.97. The Labute approximate surface area is 200 Å². The van der Waals surface area contributed by atoms with Crippen LogP contribution in [0.5, 0.6) is 0 Å². The lowest BCUT2D eigenvalue weighted by molar-refractivity contribution is -0.141. The standard InChI is InChI=1S/C22H18F4N8O2/c1-2-28-20(35)12-9-34-18(19(27)29-10-30-34)17(12)11-6-7-14(13(23)8-11)31-21(36)33-16-5-3-4-15(32-16)22(24,25)26/h3-10H,2H2,1H3,(H,28,35)(H2,27,29,30)(H2,31,32,33,36). The molecule has 0 saturated heterocycles. The van der Waals surface area contributed by atoms with E-state index in [0.717, 1.165) is 24.3 Å². The summed E-state index contributed by atoms with van der Waals surface area (Å²) in [5.41, 5.74) is 5.52. The summed E-state index contributed by atoms with van der Waals surface area (Å²) in [7, 11) is 0. The fourth-order valence-corrected chi connectivity index (χ4v) is 3.46. The topological polar surface area (TPSA) is 139 Å². The minimum atomic E-state index is -4.69. The summed E-state index contributed by atoms with van der Waals surface area (Å²) >= 11 is 0. The molecule has 4 aromatic rings. The number of nitrogen functional groups attached to an aromatic ring is 1. The molecule has 0 aliphatic carbocycles. The monoisotopic (exact) mass is 502 g/mol. The van der Waals surface area contributed by atoms with Gasteiger partial charge in [0.05, 0.1) is 11.3 Å². The van der Waals surface area contributed by atoms with E-state index in [4.69, 9.17) is 5.73 Å². The molecule has 10 nitrogen and oxygen atoms in total. The van der Waals surface area contributed by atoms with E-state index in [1.165, 1.54) is 29.2 Å². The summed E-state index contributed by atoms with van der Waals surface area (Å²) in [6.45, 7) is 2.08. The van der Waals surface area contributed by atoms with E-state index in [1.54, 1.807) is 6.92 Å². The van der Waals surface area contributed by atoms with Crippen molar-refractivity contribution in [2.24, 2.45) is 0 Å². The number of carbonyl (C=O) groups is 2. The molecule has 14 heteroatoms. The number of anilines is 3. The number of nitrogens with zero attached hydrogens (tertiary/aromatic N) is 4. The summed E-state index contributed by atoms with van der Waals surface area (Å²) in [5.74, 6) is -1.63. The Kier molecular flexibility index (Phi) is 6.42. The van der Waals surface area contributed by atoms with Crippen LogP contribution in [0.3, 0.4) is 0 Å². The molecular weight excluding hydrogens is 484 g/mol. The highest BCUT2D eigenvalue weighted by atomic mass is 19.4. The van der Waals surface area contributed by atoms with E-state index in [1.807, 2.05) is 0 Å². The van der Waals surface area contributed by atoms with Gasteiger partial charge in [-0.3, -0.25) is 10.1 Å². The molecule has 0 aliphatic heterocycles. The van der Waals surface area contributed by atoms with Gasteiger partial charge in [-0.1, -0.05) is 12.1 Å². The van der Waals surface area contributed by atoms with Crippen LogP contribution < -0.4 is 21.7 Å². The van der Waals surface area contributed by atoms with Crippen molar-refractivity contribution in [2.75, 3.05) is 22.9 Å². The number of benzene rings is 1. The first-order chi connectivity index (χ1) is 17.1. The van der Waals surface area contributed by atoms with E-state index in [9.17, 15) is 27.2 Å². The number of aromatic nitrogens is 4. The fourth-order valence-electron chi connectivity index (χ4n) is 3.46. The Hall–Kier alpha value is -4.75. The van der Waals surface area contributed by atoms with Gasteiger partial charge in [0, 0.05) is 18.3 Å². The van der Waals surface area contributed by atoms with Crippen LogP contribution in [-0.2, 0) is 6.18 Å². The first-order valence-electron chi connectivity index (χ1n) is 10.4. The number of hydrogen-bond acceptors (Lipinski definition) is 6. The van der Waals surface area contributed by atoms with Gasteiger partial charge < -0.3 is 16.4 Å². The number of nitrogens with two attached hydrogens (primary N) is 1. The van der Waals surface area contributed by atoms with Gasteiger partial charge in [-0.25, -0.2) is 23.7 Å². The minimum absolute atomic E-state index is 0.0612. The van der Waals surface area contributed by atoms with Gasteiger partial charge in [-0.2, -0.15) is 18.3 Å². The Morgan fingerprint density at radius 3 is 2.61 bits per heavy atom. The number of amides is 3. The van der Waals surface area contributed by atoms with Crippen LogP contribution >= 0.6 is 0 Å². The number of halogens is 4. The fraction of sp³-hybridized carbons (Fsp3) is 0.136. The number of hydrogen-bond donors (Lipinski definition) is 4. The van der Waals surface area contributed by atoms with E-state index >= 15 is 0 Å². The van der Waals surface area contributed by atoms with Crippen molar-refractivity contribution in [3.05, 3.63) is 66.0 Å². The maximum atomic E-state index is 15.0. The highest BCUT2D eigenvalue weighted by Crippen LogP contribution is 2.34. The molecule has 0 fully saturated rings. The van der Waals surface area contributed by atoms with Gasteiger partial charge in [0.1, 0.15) is 29.2 Å². The summed E-state index contributed by atoms with van der Waals surface area (Å²) in [6.07, 6.45) is -2.05. The lowest BCUT2D eigenvalue weighted by Crippen LogP contribution is -2.22. The normalized spacial score (nSPS) is 11.4. The van der Waals surface area contributed by atoms with Crippen LogP contribution in [0, 0.1) is 5.82 Å². The molecule has 4 rings (SSSR count). The third kappa shape index (κ3) is 4.87. The number of fused-ring (bicyclic) bond motifs is 1. The van der Waals surface area contributed by atoms with Crippen LogP contribution in [0.25, 0.3) is 16.6 Å². The smallest absolute Gasteiger partial charge is 0.382 e. The van der Waals surface area contributed by atoms with Crippen LogP contribution in [0.15, 0.2) is 48.9 Å². The molecule has 0 saturated carbocycles. The molecule has 5 N–H and O–H groups in total. The SMILES string of the molecule is CCNC(=O)c1cn2ncnc(N)c2c1-c1ccc(NC(=O)Nc2cccc(C(F)(F)F)n2)c(F)c1. The van der Waals surface area contributed by atoms with E-state index in [0.29, 0.717) is 6.54 Å². The number of alkyl halides is 3. The molecule has 0 aliphatic rings. The van der Waals surface area contributed by atoms with Crippen LogP contribution in [-0.4, -0.2) is 38.1 Å². The molecule has 3 heterocycles. The number of pyridine rings is 1. The highest BCUT2D eigenvalue weighted by molar-refractivity contribution is 6.07. The third-order valence-electron chi connectivity index (χ3n) is 4.97. The quantitative estimate of drug-likeness (QED) is 0.305. The second-order valence-electron chi connectivity index (χ2n) is 7.40. The van der Waals surface area contributed by atoms with Crippen molar-refractivity contribution in [3.8, 4) is 11.1 Å². The highest BCUT2D eigenvalue weighted by Gasteiger charge is 2.32. The zero-order chi connectivity index (χ0) is 26.0. The largest absolute Gasteiger partial charge is 0.433 e. The van der Waals surface area contributed by atoms with Crippen molar-refractivity contribution in [3.63, 3.8) is 0 Å². The van der Waals surface area contributed by atoms with E-state index in [-0.39, 0.29) is 39.5 Å². The summed E-state index contributed by atoms with van der Waals surface area (Å²) in [5, 5.41) is 11.0. The molecule has 186 valence electrons. The van der Waals surface area contributed by atoms with Gasteiger partial charge >= 0.3 is 12.2 Å². The summed E-state index contributed by atoms with van der Waals surface area (Å²) in [6, 6.07) is 5.71. The Morgan fingerprint density at radius 2 is 1.92 bits per heavy atom. The molecule has 1 aromatic carbocycles. The van der Waals surface area contributed by atoms with Crippen LogP contribution in [0.4, 0.5) is 39.7 Å². The molecule has 0 radical (unpaired) electrons. The van der Waals surface area contributed by atoms with Crippen LogP contribution in [0.1, 0.15) is 23.0 Å². The zero-order valence-corrected chi connectivity index (χ0v) is 18.5. The predicted molar refractivity (Wildman–Crippen MR) is 123 cm³/mol. The number of carbonyl (C=O) groups excluding carboxylic acids is 2. The van der Waals surface area contributed by atoms with Crippen molar-refractivity contribution in [1.29, 1.82) is 0 Å². The molecular formula is C22H18F4N8O2. The maximum absolute atomic E-state index is 15.0. The van der Waals surface area contributed by atoms with Gasteiger partial charge in [-0.05, 0) is 36.8 Å². The number of urea groups is 1. The van der Waals surface area contributed by atoms with Gasteiger partial charge in [0.15, 0.2) is 5.82 Å². The van der Waals surface area contributed by atoms with Gasteiger partial charge in [0.2, 0.25) is 0 Å². The Bertz CT molecular complexity index is 1470. The molecule has 0 atom stereocenters. The number of nitrogens with one attached hydrogen (secondary N) is 3. The Balaban J connectivity index is 1.63. The molecule has 36 heavy (non-hydrogen) atoms. The summed E-state index contributed by atoms with van der Waals surface area (Å²) < 4.78 is 54.8. The predicted octanol–water partition coefficient (Wildman–Crippen LogP) is 3.93. The maximum Gasteiger partial charge on any atom is 0.433 e. The molecule has 3 aromatic heterocycles. The molecule has 0 unspecified atom stereocenters. The lowest BCUT2D eigenvalue weighted by atomic mass is 10.0.